The molecule has 0 radical (unpaired) electrons. The number of carbonyl (C=O) groups excluding carboxylic acids is 1. The van der Waals surface area contributed by atoms with E-state index in [0.29, 0.717) is 13.0 Å². The number of benzene rings is 1. The van der Waals surface area contributed by atoms with Crippen LogP contribution in [0, 0.1) is 13.8 Å². The second-order valence-corrected chi connectivity index (χ2v) is 7.60. The quantitative estimate of drug-likeness (QED) is 0.873. The van der Waals surface area contributed by atoms with Crippen molar-refractivity contribution >= 4 is 22.8 Å². The van der Waals surface area contributed by atoms with Crippen LogP contribution in [0.3, 0.4) is 0 Å². The van der Waals surface area contributed by atoms with Gasteiger partial charge in [-0.25, -0.2) is 0 Å². The van der Waals surface area contributed by atoms with Crippen LogP contribution in [0.2, 0.25) is 0 Å². The Morgan fingerprint density at radius 3 is 2.78 bits per heavy atom. The van der Waals surface area contributed by atoms with Crippen LogP contribution in [0.5, 0.6) is 0 Å². The van der Waals surface area contributed by atoms with Gasteiger partial charge >= 0.3 is 5.97 Å². The average Bonchev–Trinajstić information content (AvgIpc) is 2.86. The summed E-state index contributed by atoms with van der Waals surface area (Å²) in [6.45, 7) is 5.52. The number of aryl methyl sites for hydroxylation is 2. The highest BCUT2D eigenvalue weighted by molar-refractivity contribution is 5.89. The van der Waals surface area contributed by atoms with Crippen molar-refractivity contribution in [1.29, 1.82) is 0 Å². The second-order valence-electron chi connectivity index (χ2n) is 7.60. The van der Waals surface area contributed by atoms with Gasteiger partial charge in [-0.15, -0.1) is 0 Å². The van der Waals surface area contributed by atoms with Gasteiger partial charge in [-0.2, -0.15) is 0 Å². The zero-order valence-electron chi connectivity index (χ0n) is 16.3. The van der Waals surface area contributed by atoms with Crippen molar-refractivity contribution in [3.63, 3.8) is 0 Å². The minimum atomic E-state index is -0.813. The summed E-state index contributed by atoms with van der Waals surface area (Å²) in [5.41, 5.74) is 4.09. The minimum Gasteiger partial charge on any atom is -0.480 e. The third-order valence-corrected chi connectivity index (χ3v) is 5.74. The van der Waals surface area contributed by atoms with Crippen molar-refractivity contribution in [3.05, 3.63) is 35.1 Å². The number of amides is 1. The number of likely N-dealkylation sites (N-methyl/N-ethyl adjacent to an activating group) is 1. The van der Waals surface area contributed by atoms with Gasteiger partial charge in [-0.3, -0.25) is 14.5 Å². The maximum Gasteiger partial charge on any atom is 0.317 e. The Labute approximate surface area is 159 Å². The van der Waals surface area contributed by atoms with Crippen molar-refractivity contribution in [3.8, 4) is 0 Å². The fourth-order valence-corrected chi connectivity index (χ4v) is 3.91. The van der Waals surface area contributed by atoms with E-state index in [1.807, 2.05) is 29.8 Å². The highest BCUT2D eigenvalue weighted by atomic mass is 16.4. The normalized spacial score (nSPS) is 18.1. The van der Waals surface area contributed by atoms with E-state index >= 15 is 0 Å². The number of aliphatic carboxylic acids is 1. The Morgan fingerprint density at radius 2 is 2.04 bits per heavy atom. The molecular weight excluding hydrogens is 344 g/mol. The Bertz CT molecular complexity index is 842. The van der Waals surface area contributed by atoms with Gasteiger partial charge in [0, 0.05) is 30.1 Å². The topological polar surface area (TPSA) is 74.0 Å². The van der Waals surface area contributed by atoms with Crippen LogP contribution in [0.1, 0.15) is 36.0 Å². The van der Waals surface area contributed by atoms with Gasteiger partial charge < -0.3 is 14.4 Å². The second kappa shape index (κ2) is 8.13. The molecule has 1 aliphatic heterocycles. The molecule has 0 aliphatic carbocycles. The van der Waals surface area contributed by atoms with E-state index in [0.717, 1.165) is 47.9 Å². The molecule has 1 unspecified atom stereocenters. The first-order valence-electron chi connectivity index (χ1n) is 9.53. The molecule has 1 N–H and O–H groups in total. The van der Waals surface area contributed by atoms with Gasteiger partial charge in [-0.1, -0.05) is 12.1 Å². The first-order valence-corrected chi connectivity index (χ1v) is 9.53. The van der Waals surface area contributed by atoms with Crippen LogP contribution in [-0.2, 0) is 16.0 Å². The summed E-state index contributed by atoms with van der Waals surface area (Å²) in [5, 5.41) is 9.99. The van der Waals surface area contributed by atoms with E-state index in [2.05, 4.69) is 13.0 Å². The predicted octanol–water partition coefficient (Wildman–Crippen LogP) is 2.99. The Hall–Kier alpha value is -2.34. The standard InChI is InChI=1S/C21H28N2O4/c1-14-6-7-18-16(13-27-21(18)15(14)2)11-19(24)23-9-4-5-17(8-10-23)22(3)12-20(25)26/h6-7,13,17H,4-5,8-12H2,1-3H3,(H,25,26). The van der Waals surface area contributed by atoms with E-state index in [9.17, 15) is 9.59 Å². The summed E-state index contributed by atoms with van der Waals surface area (Å²) in [5.74, 6) is -0.704. The van der Waals surface area contributed by atoms with Crippen LogP contribution >= 0.6 is 0 Å². The number of hydrogen-bond acceptors (Lipinski definition) is 4. The summed E-state index contributed by atoms with van der Waals surface area (Å²) in [6.07, 6.45) is 4.66. The third-order valence-electron chi connectivity index (χ3n) is 5.74. The maximum atomic E-state index is 12.8. The molecule has 0 spiro atoms. The molecule has 6 heteroatoms. The van der Waals surface area contributed by atoms with Gasteiger partial charge in [0.2, 0.25) is 5.91 Å². The number of carboxylic acids is 1. The van der Waals surface area contributed by atoms with E-state index in [1.54, 1.807) is 6.26 Å². The van der Waals surface area contributed by atoms with Crippen molar-refractivity contribution in [2.45, 2.75) is 45.6 Å². The van der Waals surface area contributed by atoms with Gasteiger partial charge in [0.05, 0.1) is 19.2 Å². The largest absolute Gasteiger partial charge is 0.480 e. The van der Waals surface area contributed by atoms with Crippen molar-refractivity contribution in [2.75, 3.05) is 26.7 Å². The highest BCUT2D eigenvalue weighted by Crippen LogP contribution is 2.27. The molecule has 1 aromatic carbocycles. The molecule has 146 valence electrons. The van der Waals surface area contributed by atoms with Crippen LogP contribution < -0.4 is 0 Å². The fraction of sp³-hybridized carbons (Fsp3) is 0.524. The van der Waals surface area contributed by atoms with Crippen LogP contribution in [0.25, 0.3) is 11.0 Å². The SMILES string of the molecule is Cc1ccc2c(CC(=O)N3CCCC(N(C)CC(=O)O)CC3)coc2c1C. The molecule has 27 heavy (non-hydrogen) atoms. The van der Waals surface area contributed by atoms with Crippen LogP contribution in [0.4, 0.5) is 0 Å². The first kappa shape index (κ1) is 19.4. The van der Waals surface area contributed by atoms with Crippen LogP contribution in [-0.4, -0.2) is 59.5 Å². The number of nitrogens with zero attached hydrogens (tertiary/aromatic N) is 2. The molecule has 2 heterocycles. The molecule has 6 nitrogen and oxygen atoms in total. The summed E-state index contributed by atoms with van der Waals surface area (Å²) in [4.78, 5) is 27.6. The third kappa shape index (κ3) is 4.33. The molecule has 0 saturated carbocycles. The zero-order valence-corrected chi connectivity index (χ0v) is 16.3. The Kier molecular flexibility index (Phi) is 5.85. The van der Waals surface area contributed by atoms with Gasteiger partial charge in [0.25, 0.3) is 0 Å². The lowest BCUT2D eigenvalue weighted by Gasteiger charge is -2.25. The monoisotopic (exact) mass is 372 g/mol. The van der Waals surface area contributed by atoms with E-state index in [4.69, 9.17) is 9.52 Å². The summed E-state index contributed by atoms with van der Waals surface area (Å²) in [7, 11) is 1.85. The van der Waals surface area contributed by atoms with E-state index < -0.39 is 5.97 Å². The molecule has 3 rings (SSSR count). The number of furan rings is 1. The molecule has 1 aromatic heterocycles. The zero-order chi connectivity index (χ0) is 19.6. The summed E-state index contributed by atoms with van der Waals surface area (Å²) in [6, 6.07) is 4.30. The smallest absolute Gasteiger partial charge is 0.317 e. The highest BCUT2D eigenvalue weighted by Gasteiger charge is 2.24. The fourth-order valence-electron chi connectivity index (χ4n) is 3.91. The number of likely N-dealkylation sites (tertiary alicyclic amines) is 1. The van der Waals surface area contributed by atoms with E-state index in [1.165, 1.54) is 5.56 Å². The molecule has 1 amide bonds. The molecule has 2 aromatic rings. The van der Waals surface area contributed by atoms with Crippen molar-refractivity contribution in [1.82, 2.24) is 9.80 Å². The molecule has 1 saturated heterocycles. The van der Waals surface area contributed by atoms with Crippen molar-refractivity contribution < 1.29 is 19.1 Å². The van der Waals surface area contributed by atoms with Gasteiger partial charge in [0.15, 0.2) is 0 Å². The van der Waals surface area contributed by atoms with Crippen molar-refractivity contribution in [2.24, 2.45) is 0 Å². The maximum absolute atomic E-state index is 12.8. The van der Waals surface area contributed by atoms with Crippen LogP contribution in [0.15, 0.2) is 22.8 Å². The lowest BCUT2D eigenvalue weighted by atomic mass is 10.0. The molecule has 1 atom stereocenters. The number of carbonyl (C=O) groups is 2. The predicted molar refractivity (Wildman–Crippen MR) is 104 cm³/mol. The number of carboxylic acid groups (broad SMARTS) is 1. The number of rotatable bonds is 5. The molecule has 1 fully saturated rings. The summed E-state index contributed by atoms with van der Waals surface area (Å²) >= 11 is 0. The first-order chi connectivity index (χ1) is 12.9. The average molecular weight is 372 g/mol. The molecule has 1 aliphatic rings. The molecule has 0 bridgehead atoms. The number of hydrogen-bond donors (Lipinski definition) is 1. The summed E-state index contributed by atoms with van der Waals surface area (Å²) < 4.78 is 5.73. The minimum absolute atomic E-state index is 0.0401. The van der Waals surface area contributed by atoms with Gasteiger partial charge in [-0.05, 0) is 51.3 Å². The van der Waals surface area contributed by atoms with Gasteiger partial charge in [0.1, 0.15) is 5.58 Å². The lowest BCUT2D eigenvalue weighted by molar-refractivity contribution is -0.138. The Morgan fingerprint density at radius 1 is 1.26 bits per heavy atom. The molecular formula is C21H28N2O4. The Balaban J connectivity index is 1.65. The number of fused-ring (bicyclic) bond motifs is 1. The lowest BCUT2D eigenvalue weighted by Crippen LogP contribution is -2.37. The van der Waals surface area contributed by atoms with E-state index in [-0.39, 0.29) is 18.5 Å².